The van der Waals surface area contributed by atoms with Crippen LogP contribution in [-0.2, 0) is 40.0 Å². The number of aromatic amines is 1. The van der Waals surface area contributed by atoms with Crippen LogP contribution in [0.5, 0.6) is 0 Å². The second-order valence-corrected chi connectivity index (χ2v) is 16.5. The van der Waals surface area contributed by atoms with E-state index in [1.165, 1.54) is 11.8 Å². The number of H-pyrrole nitrogens is 1. The molecule has 1 aliphatic carbocycles. The van der Waals surface area contributed by atoms with Gasteiger partial charge in [0.15, 0.2) is 5.96 Å². The van der Waals surface area contributed by atoms with E-state index in [0.29, 0.717) is 25.8 Å². The molecule has 2 aliphatic heterocycles. The number of carbonyl (C=O) groups is 7. The van der Waals surface area contributed by atoms with Gasteiger partial charge in [0, 0.05) is 42.4 Å². The number of fused-ring (bicyclic) bond motifs is 2. The van der Waals surface area contributed by atoms with Gasteiger partial charge >= 0.3 is 0 Å². The predicted molar refractivity (Wildman–Crippen MR) is 219 cm³/mol. The lowest BCUT2D eigenvalue weighted by Crippen LogP contribution is -2.60. The number of nitrogens with two attached hydrogens (primary N) is 2. The van der Waals surface area contributed by atoms with Gasteiger partial charge in [0.05, 0.1) is 5.75 Å². The molecule has 316 valence electrons. The third-order valence-electron chi connectivity index (χ3n) is 11.0. The third kappa shape index (κ3) is 12.1. The van der Waals surface area contributed by atoms with E-state index in [1.54, 1.807) is 6.20 Å². The summed E-state index contributed by atoms with van der Waals surface area (Å²) in [4.78, 5) is 100. The molecule has 0 unspecified atom stereocenters. The van der Waals surface area contributed by atoms with E-state index in [4.69, 9.17) is 16.9 Å². The predicted octanol–water partition coefficient (Wildman–Crippen LogP) is -0.389. The molecule has 3 aliphatic rings. The Hall–Kier alpha value is -5.33. The zero-order chi connectivity index (χ0) is 41.8. The van der Waals surface area contributed by atoms with E-state index in [1.807, 2.05) is 24.3 Å². The van der Waals surface area contributed by atoms with Gasteiger partial charge in [0.2, 0.25) is 41.4 Å². The van der Waals surface area contributed by atoms with Gasteiger partial charge in [-0.1, -0.05) is 50.3 Å². The van der Waals surface area contributed by atoms with Crippen molar-refractivity contribution in [1.82, 2.24) is 41.8 Å². The van der Waals surface area contributed by atoms with Crippen molar-refractivity contribution in [3.63, 3.8) is 0 Å². The normalized spacial score (nSPS) is 26.3. The number of amides is 7. The number of carbonyl (C=O) groups excluding carboxylic acids is 7. The second kappa shape index (κ2) is 20.9. The van der Waals surface area contributed by atoms with Crippen LogP contribution in [0.1, 0.15) is 76.7 Å². The number of thioether (sulfide) groups is 1. The molecule has 1 aromatic heterocycles. The molecule has 19 heteroatoms. The Kier molecular flexibility index (Phi) is 15.8. The van der Waals surface area contributed by atoms with Crippen molar-refractivity contribution in [2.75, 3.05) is 24.6 Å². The molecule has 5 rings (SSSR count). The average Bonchev–Trinajstić information content (AvgIpc) is 3.85. The van der Waals surface area contributed by atoms with Gasteiger partial charge < -0.3 is 53.3 Å². The second-order valence-electron chi connectivity index (χ2n) is 15.4. The SMILES string of the molecule is C[C@@H]1NC(=O)CSC[C@@H](C(N)=O)NC(=O)[C@H](CCCNC(=N)N)NC(=O)[C@H](Cc2c[nH]c3ccccc23)NC(=O)[C@@H](CC2CCCCC2)NC(=O)[C@@H]2CCCN2C1=O. The molecular weight excluding hydrogens is 767 g/mol. The van der Waals surface area contributed by atoms with Gasteiger partial charge in [0.25, 0.3) is 0 Å². The van der Waals surface area contributed by atoms with Crippen LogP contribution < -0.4 is 43.4 Å². The molecule has 0 bridgehead atoms. The Balaban J connectivity index is 1.50. The Morgan fingerprint density at radius 3 is 2.29 bits per heavy atom. The minimum atomic E-state index is -1.22. The van der Waals surface area contributed by atoms with Crippen LogP contribution in [0.15, 0.2) is 30.5 Å². The summed E-state index contributed by atoms with van der Waals surface area (Å²) < 4.78 is 0. The minimum absolute atomic E-state index is 0.0241. The number of rotatable bonds is 9. The first-order valence-corrected chi connectivity index (χ1v) is 21.3. The lowest BCUT2D eigenvalue weighted by Gasteiger charge is -2.31. The van der Waals surface area contributed by atoms with Crippen molar-refractivity contribution in [3.05, 3.63) is 36.0 Å². The van der Waals surface area contributed by atoms with Crippen LogP contribution in [0.4, 0.5) is 0 Å². The summed E-state index contributed by atoms with van der Waals surface area (Å²) >= 11 is 1.02. The first-order valence-electron chi connectivity index (χ1n) is 20.1. The van der Waals surface area contributed by atoms with E-state index in [9.17, 15) is 33.6 Å². The number of primary amides is 1. The van der Waals surface area contributed by atoms with Crippen molar-refractivity contribution >= 4 is 70.0 Å². The molecule has 1 aromatic carbocycles. The quantitative estimate of drug-likeness (QED) is 0.0888. The summed E-state index contributed by atoms with van der Waals surface area (Å²) in [5, 5.41) is 24.9. The molecule has 18 nitrogen and oxygen atoms in total. The van der Waals surface area contributed by atoms with Crippen LogP contribution in [0, 0.1) is 11.3 Å². The third-order valence-corrected chi connectivity index (χ3v) is 12.1. The first-order chi connectivity index (χ1) is 27.8. The van der Waals surface area contributed by atoms with Gasteiger partial charge in [-0.3, -0.25) is 39.0 Å². The zero-order valence-corrected chi connectivity index (χ0v) is 33.7. The number of guanidine groups is 1. The molecule has 3 fully saturated rings. The molecule has 2 saturated heterocycles. The Morgan fingerprint density at radius 1 is 0.862 bits per heavy atom. The largest absolute Gasteiger partial charge is 0.370 e. The average molecular weight is 824 g/mol. The highest BCUT2D eigenvalue weighted by atomic mass is 32.2. The van der Waals surface area contributed by atoms with E-state index < -0.39 is 77.6 Å². The van der Waals surface area contributed by atoms with E-state index in [-0.39, 0.29) is 49.2 Å². The van der Waals surface area contributed by atoms with Crippen LogP contribution in [0.2, 0.25) is 0 Å². The van der Waals surface area contributed by atoms with Gasteiger partial charge in [-0.05, 0) is 56.6 Å². The topological polar surface area (TPSA) is 287 Å². The highest BCUT2D eigenvalue weighted by Gasteiger charge is 2.39. The molecule has 58 heavy (non-hydrogen) atoms. The van der Waals surface area contributed by atoms with Gasteiger partial charge in [-0.25, -0.2) is 0 Å². The molecule has 0 radical (unpaired) electrons. The van der Waals surface area contributed by atoms with Crippen LogP contribution in [0.25, 0.3) is 10.9 Å². The number of nitrogens with zero attached hydrogens (tertiary/aromatic N) is 1. The minimum Gasteiger partial charge on any atom is -0.370 e. The number of aromatic nitrogens is 1. The standard InChI is InChI=1S/C39H57N11O7S/c1-22-38(57)50-16-8-14-31(50)37(56)48-28(17-23-9-3-2-4-10-23)35(54)47-29(18-24-19-44-26-12-6-5-11-25(24)26)36(55)46-27(13-7-15-43-39(41)42)34(53)49-30(33(40)52)20-58-21-32(51)45-22/h5-6,11-12,19,22-23,27-31,44H,2-4,7-10,13-18,20-21H2,1H3,(H2,40,52)(H,45,51)(H,46,55)(H,47,54)(H,48,56)(H,49,53)(H4,41,42,43)/t22-,27-,28+,29-,30-,31-/m0/s1. The molecule has 0 spiro atoms. The summed E-state index contributed by atoms with van der Waals surface area (Å²) in [5.74, 6) is -4.67. The van der Waals surface area contributed by atoms with Crippen molar-refractivity contribution in [2.24, 2.45) is 17.4 Å². The Bertz CT molecular complexity index is 1830. The summed E-state index contributed by atoms with van der Waals surface area (Å²) in [6.45, 7) is 2.03. The molecule has 7 amide bonds. The van der Waals surface area contributed by atoms with Gasteiger partial charge in [-0.15, -0.1) is 11.8 Å². The molecule has 6 atom stereocenters. The van der Waals surface area contributed by atoms with Crippen LogP contribution >= 0.6 is 11.8 Å². The van der Waals surface area contributed by atoms with Crippen LogP contribution in [0.3, 0.4) is 0 Å². The summed E-state index contributed by atoms with van der Waals surface area (Å²) in [6, 6.07) is 0.965. The van der Waals surface area contributed by atoms with Crippen LogP contribution in [-0.4, -0.2) is 118 Å². The summed E-state index contributed by atoms with van der Waals surface area (Å²) in [5.41, 5.74) is 12.7. The maximum Gasteiger partial charge on any atom is 0.245 e. The highest BCUT2D eigenvalue weighted by Crippen LogP contribution is 2.28. The number of hydrogen-bond donors (Lipinski definition) is 10. The van der Waals surface area contributed by atoms with E-state index in [2.05, 4.69) is 36.9 Å². The van der Waals surface area contributed by atoms with Gasteiger partial charge in [0.1, 0.15) is 36.3 Å². The molecule has 2 aromatic rings. The Labute approximate surface area is 341 Å². The molecular formula is C39H57N11O7S. The van der Waals surface area contributed by atoms with Crippen molar-refractivity contribution in [2.45, 2.75) is 114 Å². The first kappa shape index (κ1) is 43.8. The fourth-order valence-corrected chi connectivity index (χ4v) is 8.83. The summed E-state index contributed by atoms with van der Waals surface area (Å²) in [6.07, 6.45) is 8.19. The maximum atomic E-state index is 14.5. The highest BCUT2D eigenvalue weighted by molar-refractivity contribution is 8.00. The molecule has 12 N–H and O–H groups in total. The summed E-state index contributed by atoms with van der Waals surface area (Å²) in [7, 11) is 0. The number of benzene rings is 1. The number of hydrogen-bond acceptors (Lipinski definition) is 9. The number of para-hydroxylation sites is 1. The smallest absolute Gasteiger partial charge is 0.245 e. The molecule has 3 heterocycles. The van der Waals surface area contributed by atoms with Crippen molar-refractivity contribution < 1.29 is 33.6 Å². The number of nitrogens with one attached hydrogen (secondary N) is 8. The van der Waals surface area contributed by atoms with Crippen molar-refractivity contribution in [1.29, 1.82) is 5.41 Å². The Morgan fingerprint density at radius 2 is 1.55 bits per heavy atom. The van der Waals surface area contributed by atoms with Crippen molar-refractivity contribution in [3.8, 4) is 0 Å². The maximum absolute atomic E-state index is 14.5. The van der Waals surface area contributed by atoms with E-state index in [0.717, 1.165) is 60.3 Å². The van der Waals surface area contributed by atoms with E-state index >= 15 is 0 Å². The lowest BCUT2D eigenvalue weighted by molar-refractivity contribution is -0.141. The lowest BCUT2D eigenvalue weighted by atomic mass is 9.84. The fraction of sp³-hybridized carbons (Fsp3) is 0.590. The monoisotopic (exact) mass is 823 g/mol. The fourth-order valence-electron chi connectivity index (χ4n) is 7.96. The van der Waals surface area contributed by atoms with Gasteiger partial charge in [-0.2, -0.15) is 0 Å². The molecule has 1 saturated carbocycles. The zero-order valence-electron chi connectivity index (χ0n) is 32.9.